The topological polar surface area (TPSA) is 108 Å². The molecule has 0 N–H and O–H groups in total. The summed E-state index contributed by atoms with van der Waals surface area (Å²) in [5.41, 5.74) is 3.22. The third kappa shape index (κ3) is 12.9. The highest BCUT2D eigenvalue weighted by atomic mass is 28.4. The van der Waals surface area contributed by atoms with Crippen LogP contribution in [-0.2, 0) is 47.2 Å². The van der Waals surface area contributed by atoms with Crippen LogP contribution in [0.2, 0.25) is 18.1 Å². The SMILES string of the molecule is C=C1C[C@H](CCC=O)OC1CC[C@H]1C[C@@H](C)C(=C)[C@@H](C[C@@H]2O[C@H](C[C@H]3COC(C)(C)O3)[C@H](C)[C@H]2C(C(=O)C[C@H]2CC[C@@H]3O[C@@H]([C@H](/C=C/C)O[Si](C)(C)C(C)(C)C)[C@@H](C)[C@@H](C)[C@H]3O2)c2ccccc2)O1. The van der Waals surface area contributed by atoms with E-state index in [0.717, 1.165) is 67.9 Å². The zero-order valence-corrected chi connectivity index (χ0v) is 45.5. The Hall–Kier alpha value is -2.32. The van der Waals surface area contributed by atoms with Crippen LogP contribution in [0.3, 0.4) is 0 Å². The number of hydrogen-bond donors (Lipinski definition) is 0. The molecule has 6 saturated heterocycles. The molecule has 386 valence electrons. The van der Waals surface area contributed by atoms with Crippen molar-refractivity contribution in [2.24, 2.45) is 29.6 Å². The molecule has 0 saturated carbocycles. The quantitative estimate of drug-likeness (QED) is 0.0755. The molecule has 6 aliphatic rings. The Morgan fingerprint density at radius 1 is 0.855 bits per heavy atom. The first kappa shape index (κ1) is 54.5. The van der Waals surface area contributed by atoms with Gasteiger partial charge in [-0.3, -0.25) is 4.79 Å². The van der Waals surface area contributed by atoms with Gasteiger partial charge in [0.2, 0.25) is 0 Å². The Bertz CT molecular complexity index is 1920. The molecule has 0 radical (unpaired) electrons. The summed E-state index contributed by atoms with van der Waals surface area (Å²) in [6.07, 6.45) is 11.8. The Morgan fingerprint density at radius 3 is 2.25 bits per heavy atom. The van der Waals surface area contributed by atoms with E-state index in [1.165, 1.54) is 0 Å². The number of fused-ring (bicyclic) bond motifs is 1. The minimum Gasteiger partial charge on any atom is -0.408 e. The van der Waals surface area contributed by atoms with Gasteiger partial charge in [-0.25, -0.2) is 0 Å². The van der Waals surface area contributed by atoms with E-state index >= 15 is 4.79 Å². The fourth-order valence-electron chi connectivity index (χ4n) is 12.3. The summed E-state index contributed by atoms with van der Waals surface area (Å²) < 4.78 is 54.1. The molecule has 6 heterocycles. The fourth-order valence-corrected chi connectivity index (χ4v) is 13.6. The van der Waals surface area contributed by atoms with Gasteiger partial charge in [0, 0.05) is 37.5 Å². The molecule has 2 unspecified atom stereocenters. The highest BCUT2D eigenvalue weighted by molar-refractivity contribution is 6.74. The van der Waals surface area contributed by atoms with Crippen LogP contribution >= 0.6 is 0 Å². The van der Waals surface area contributed by atoms with Gasteiger partial charge in [-0.15, -0.1) is 0 Å². The van der Waals surface area contributed by atoms with Gasteiger partial charge < -0.3 is 42.4 Å². The second-order valence-corrected chi connectivity index (χ2v) is 28.8. The predicted molar refractivity (Wildman–Crippen MR) is 275 cm³/mol. The second kappa shape index (κ2) is 22.8. The number of carbonyl (C=O) groups is 2. The first-order valence-corrected chi connectivity index (χ1v) is 29.8. The molecule has 11 heteroatoms. The van der Waals surface area contributed by atoms with Crippen molar-refractivity contribution in [3.8, 4) is 0 Å². The molecule has 69 heavy (non-hydrogen) atoms. The maximum atomic E-state index is 15.4. The van der Waals surface area contributed by atoms with Crippen molar-refractivity contribution < 1.29 is 47.2 Å². The summed E-state index contributed by atoms with van der Waals surface area (Å²) in [5.74, 6) is -0.261. The molecule has 18 atom stereocenters. The summed E-state index contributed by atoms with van der Waals surface area (Å²) in [5, 5.41) is 0.0794. The standard InChI is InChI=1S/C58H90O10Si/c1-15-20-49(68-69(13,14)57(8,9)10)56-39(6)38(5)55-48(66-56)27-25-44(64-55)31-46(60)54(41-21-17-16-18-22-41)53-40(7)50(32-45-34-61-58(11,12)67-45)65-52(53)33-51-37(4)35(2)29-43(63-51)24-26-47-36(3)30-42(62-47)23-19-28-59/h15-18,20-22,28,35,38-40,42-45,47-56H,3-4,19,23-27,29-34H2,1-2,5-14H3/b20-15+/t35-,38-,39+,40+,42+,43+,44-,45+,47?,48+,49+,50-,51-,52+,53-,54?,55-,56-/m1/s1. The number of benzene rings is 1. The molecular formula is C58H90O10Si. The summed E-state index contributed by atoms with van der Waals surface area (Å²) in [7, 11) is -2.08. The van der Waals surface area contributed by atoms with Crippen molar-refractivity contribution in [2.45, 2.75) is 243 Å². The van der Waals surface area contributed by atoms with E-state index < -0.39 is 20.0 Å². The number of hydrogen-bond acceptors (Lipinski definition) is 10. The molecule has 0 spiro atoms. The van der Waals surface area contributed by atoms with E-state index in [2.05, 4.69) is 118 Å². The number of rotatable bonds is 19. The average Bonchev–Trinajstić information content (AvgIpc) is 3.93. The van der Waals surface area contributed by atoms with E-state index in [1.54, 1.807) is 0 Å². The van der Waals surface area contributed by atoms with Crippen molar-refractivity contribution in [3.05, 3.63) is 72.4 Å². The lowest BCUT2D eigenvalue weighted by Crippen LogP contribution is -2.58. The maximum absolute atomic E-state index is 15.4. The lowest BCUT2D eigenvalue weighted by atomic mass is 9.70. The zero-order valence-electron chi connectivity index (χ0n) is 44.5. The van der Waals surface area contributed by atoms with Crippen molar-refractivity contribution in [2.75, 3.05) is 6.61 Å². The van der Waals surface area contributed by atoms with E-state index in [4.69, 9.17) is 37.6 Å². The number of ether oxygens (including phenoxy) is 7. The Labute approximate surface area is 417 Å². The minimum atomic E-state index is -2.08. The van der Waals surface area contributed by atoms with Gasteiger partial charge in [-0.2, -0.15) is 0 Å². The van der Waals surface area contributed by atoms with Crippen LogP contribution in [0.15, 0.2) is 66.8 Å². The molecule has 0 aliphatic carbocycles. The van der Waals surface area contributed by atoms with Gasteiger partial charge >= 0.3 is 0 Å². The lowest BCUT2D eigenvalue weighted by Gasteiger charge is -2.51. The maximum Gasteiger partial charge on any atom is 0.193 e. The summed E-state index contributed by atoms with van der Waals surface area (Å²) in [6.45, 7) is 36.1. The van der Waals surface area contributed by atoms with Crippen molar-refractivity contribution >= 4 is 20.4 Å². The second-order valence-electron chi connectivity index (χ2n) is 24.0. The molecule has 0 amide bonds. The minimum absolute atomic E-state index is 0.0199. The predicted octanol–water partition coefficient (Wildman–Crippen LogP) is 12.1. The van der Waals surface area contributed by atoms with Crippen LogP contribution < -0.4 is 0 Å². The van der Waals surface area contributed by atoms with E-state index in [0.29, 0.717) is 32.3 Å². The molecule has 0 aromatic heterocycles. The van der Waals surface area contributed by atoms with Gasteiger partial charge in [0.05, 0.1) is 79.9 Å². The lowest BCUT2D eigenvalue weighted by molar-refractivity contribution is -0.237. The van der Waals surface area contributed by atoms with Crippen molar-refractivity contribution in [1.29, 1.82) is 0 Å². The third-order valence-corrected chi connectivity index (χ3v) is 22.1. The molecule has 1 aromatic rings. The third-order valence-electron chi connectivity index (χ3n) is 17.6. The summed E-state index contributed by atoms with van der Waals surface area (Å²) in [6, 6.07) is 10.4. The summed E-state index contributed by atoms with van der Waals surface area (Å²) >= 11 is 0. The monoisotopic (exact) mass is 975 g/mol. The van der Waals surface area contributed by atoms with Crippen LogP contribution in [-0.4, -0.2) is 106 Å². The zero-order chi connectivity index (χ0) is 50.0. The molecule has 10 nitrogen and oxygen atoms in total. The van der Waals surface area contributed by atoms with E-state index in [9.17, 15) is 4.79 Å². The normalized spacial score (nSPS) is 38.3. The molecular weight excluding hydrogens is 885 g/mol. The molecule has 6 aliphatic heterocycles. The van der Waals surface area contributed by atoms with Crippen molar-refractivity contribution in [1.82, 2.24) is 0 Å². The number of Topliss-reactive ketones (excluding diaryl/α,β-unsaturated/α-hetero) is 1. The number of aldehydes is 1. The van der Waals surface area contributed by atoms with E-state index in [1.807, 2.05) is 19.9 Å². The highest BCUT2D eigenvalue weighted by Gasteiger charge is 2.53. The van der Waals surface area contributed by atoms with Crippen molar-refractivity contribution in [3.63, 3.8) is 0 Å². The summed E-state index contributed by atoms with van der Waals surface area (Å²) in [4.78, 5) is 26.5. The van der Waals surface area contributed by atoms with Gasteiger partial charge in [-0.05, 0) is 124 Å². The number of carbonyl (C=O) groups excluding carboxylic acids is 2. The Balaban J connectivity index is 1.09. The number of allylic oxidation sites excluding steroid dienone is 1. The smallest absolute Gasteiger partial charge is 0.193 e. The van der Waals surface area contributed by atoms with Gasteiger partial charge in [-0.1, -0.05) is 104 Å². The highest BCUT2D eigenvalue weighted by Crippen LogP contribution is 2.50. The van der Waals surface area contributed by atoms with Gasteiger partial charge in [0.1, 0.15) is 12.1 Å². The average molecular weight is 975 g/mol. The molecule has 6 fully saturated rings. The van der Waals surface area contributed by atoms with Crippen LogP contribution in [0.4, 0.5) is 0 Å². The Kier molecular flexibility index (Phi) is 18.0. The molecule has 7 rings (SSSR count). The van der Waals surface area contributed by atoms with Crippen LogP contribution in [0.5, 0.6) is 0 Å². The first-order chi connectivity index (χ1) is 32.6. The van der Waals surface area contributed by atoms with Gasteiger partial charge in [0.15, 0.2) is 14.1 Å². The molecule has 1 aromatic carbocycles. The first-order valence-electron chi connectivity index (χ1n) is 26.9. The number of ketones is 1. The van der Waals surface area contributed by atoms with Crippen LogP contribution in [0.1, 0.15) is 151 Å². The van der Waals surface area contributed by atoms with Gasteiger partial charge in [0.25, 0.3) is 0 Å². The van der Waals surface area contributed by atoms with Crippen LogP contribution in [0, 0.1) is 29.6 Å². The Morgan fingerprint density at radius 2 is 1.58 bits per heavy atom. The van der Waals surface area contributed by atoms with Crippen LogP contribution in [0.25, 0.3) is 0 Å². The fraction of sp³-hybridized carbons (Fsp3) is 0.759. The van der Waals surface area contributed by atoms with E-state index in [-0.39, 0.29) is 114 Å². The largest absolute Gasteiger partial charge is 0.408 e. The molecule has 0 bridgehead atoms.